The van der Waals surface area contributed by atoms with E-state index in [9.17, 15) is 10.2 Å². The second-order valence-electron chi connectivity index (χ2n) is 2.63. The van der Waals surface area contributed by atoms with Gasteiger partial charge < -0.3 is 10.2 Å². The summed E-state index contributed by atoms with van der Waals surface area (Å²) in [6, 6.07) is 16.7. The Balaban J connectivity index is 0.000000245. The maximum absolute atomic E-state index is 10.3. The van der Waals surface area contributed by atoms with Crippen LogP contribution in [0, 0.1) is 0 Å². The molecule has 0 fully saturated rings. The number of para-hydroxylation sites is 2. The molecule has 0 spiro atoms. The van der Waals surface area contributed by atoms with Gasteiger partial charge >= 0.3 is 27.7 Å². The zero-order valence-corrected chi connectivity index (χ0v) is 13.8. The van der Waals surface area contributed by atoms with E-state index in [0.29, 0.717) is 0 Å². The van der Waals surface area contributed by atoms with Crippen molar-refractivity contribution in [3.8, 4) is 11.5 Å². The SMILES string of the molecule is [Hg+2].[O-]c1ccccc1.[O-]c1ccccc1. The molecule has 2 aromatic carbocycles. The monoisotopic (exact) mass is 388 g/mol. The predicted octanol–water partition coefficient (Wildman–Crippen LogP) is 1.52. The van der Waals surface area contributed by atoms with E-state index in [1.165, 1.54) is 24.3 Å². The minimum atomic E-state index is 0. The molecule has 2 aromatic rings. The fraction of sp³-hybridized carbons (Fsp3) is 0. The molecule has 0 aliphatic carbocycles. The van der Waals surface area contributed by atoms with Gasteiger partial charge in [-0.15, -0.1) is 11.5 Å². The first-order valence-electron chi connectivity index (χ1n) is 4.23. The standard InChI is InChI=1S/2C6H6O.Hg/c2*7-6-4-2-1-3-5-6;/h2*1-5,7H;/q;;+2/p-2. The van der Waals surface area contributed by atoms with Crippen LogP contribution in [0.15, 0.2) is 60.7 Å². The van der Waals surface area contributed by atoms with E-state index in [1.807, 2.05) is 12.1 Å². The molecule has 0 unspecified atom stereocenters. The Kier molecular flexibility index (Phi) is 7.73. The number of hydrogen-bond acceptors (Lipinski definition) is 2. The summed E-state index contributed by atoms with van der Waals surface area (Å²) in [5.74, 6) is 0.144. The topological polar surface area (TPSA) is 46.1 Å². The van der Waals surface area contributed by atoms with Crippen molar-refractivity contribution in [2.75, 3.05) is 0 Å². The van der Waals surface area contributed by atoms with E-state index in [-0.39, 0.29) is 39.2 Å². The molecule has 0 N–H and O–H groups in total. The minimum Gasteiger partial charge on any atom is -0.872 e. The number of hydrogen-bond donors (Lipinski definition) is 0. The maximum Gasteiger partial charge on any atom is 2.00 e. The van der Waals surface area contributed by atoms with E-state index < -0.39 is 0 Å². The third kappa shape index (κ3) is 6.97. The van der Waals surface area contributed by atoms with Gasteiger partial charge in [-0.2, -0.15) is 0 Å². The average Bonchev–Trinajstić information content (AvgIpc) is 2.21. The van der Waals surface area contributed by atoms with Gasteiger partial charge in [0, 0.05) is 0 Å². The Hall–Kier alpha value is -1.02. The van der Waals surface area contributed by atoms with Gasteiger partial charge in [-0.25, -0.2) is 0 Å². The molecule has 0 radical (unpaired) electrons. The quantitative estimate of drug-likeness (QED) is 0.644. The van der Waals surface area contributed by atoms with Crippen LogP contribution in [0.3, 0.4) is 0 Å². The van der Waals surface area contributed by atoms with Crippen LogP contribution in [0.5, 0.6) is 11.5 Å². The van der Waals surface area contributed by atoms with Crippen LogP contribution in [-0.2, 0) is 27.7 Å². The normalized spacial score (nSPS) is 8.00. The van der Waals surface area contributed by atoms with E-state index >= 15 is 0 Å². The van der Waals surface area contributed by atoms with Crippen LogP contribution in [-0.4, -0.2) is 0 Å². The molecule has 2 nitrogen and oxygen atoms in total. The molecule has 0 aromatic heterocycles. The molecule has 0 bridgehead atoms. The Morgan fingerprint density at radius 3 is 0.933 bits per heavy atom. The van der Waals surface area contributed by atoms with E-state index in [4.69, 9.17) is 0 Å². The van der Waals surface area contributed by atoms with Gasteiger partial charge in [0.2, 0.25) is 0 Å². The summed E-state index contributed by atoms with van der Waals surface area (Å²) < 4.78 is 0. The fourth-order valence-corrected chi connectivity index (χ4v) is 0.841. The second kappa shape index (κ2) is 8.30. The van der Waals surface area contributed by atoms with E-state index in [2.05, 4.69) is 0 Å². The Morgan fingerprint density at radius 2 is 0.800 bits per heavy atom. The zero-order chi connectivity index (χ0) is 10.2. The summed E-state index contributed by atoms with van der Waals surface area (Å²) in [5, 5.41) is 20.5. The Labute approximate surface area is 110 Å². The third-order valence-corrected chi connectivity index (χ3v) is 1.49. The van der Waals surface area contributed by atoms with Gasteiger partial charge in [-0.1, -0.05) is 60.7 Å². The Morgan fingerprint density at radius 1 is 0.533 bits per heavy atom. The van der Waals surface area contributed by atoms with Crippen molar-refractivity contribution in [2.24, 2.45) is 0 Å². The van der Waals surface area contributed by atoms with Crippen LogP contribution in [0.2, 0.25) is 0 Å². The summed E-state index contributed by atoms with van der Waals surface area (Å²) in [4.78, 5) is 0. The van der Waals surface area contributed by atoms with Crippen molar-refractivity contribution >= 4 is 0 Å². The van der Waals surface area contributed by atoms with Gasteiger partial charge in [-0.05, 0) is 0 Å². The van der Waals surface area contributed by atoms with Crippen LogP contribution in [0.4, 0.5) is 0 Å². The summed E-state index contributed by atoms with van der Waals surface area (Å²) in [5.41, 5.74) is 0. The molecular weight excluding hydrogens is 377 g/mol. The maximum atomic E-state index is 10.3. The molecule has 0 saturated heterocycles. The van der Waals surface area contributed by atoms with Crippen molar-refractivity contribution in [1.29, 1.82) is 0 Å². The van der Waals surface area contributed by atoms with E-state index in [1.54, 1.807) is 24.3 Å². The summed E-state index contributed by atoms with van der Waals surface area (Å²) in [6.07, 6.45) is 0. The van der Waals surface area contributed by atoms with Crippen molar-refractivity contribution in [3.63, 3.8) is 0 Å². The van der Waals surface area contributed by atoms with Crippen molar-refractivity contribution < 1.29 is 37.9 Å². The molecule has 0 aliphatic rings. The molecule has 15 heavy (non-hydrogen) atoms. The summed E-state index contributed by atoms with van der Waals surface area (Å²) in [7, 11) is 0. The van der Waals surface area contributed by atoms with Gasteiger partial charge in [0.1, 0.15) is 0 Å². The Bertz CT molecular complexity index is 311. The van der Waals surface area contributed by atoms with Crippen LogP contribution in [0.1, 0.15) is 0 Å². The smallest absolute Gasteiger partial charge is 0.872 e. The van der Waals surface area contributed by atoms with Gasteiger partial charge in [-0.3, -0.25) is 0 Å². The van der Waals surface area contributed by atoms with Crippen molar-refractivity contribution in [2.45, 2.75) is 0 Å². The summed E-state index contributed by atoms with van der Waals surface area (Å²) >= 11 is 0. The zero-order valence-electron chi connectivity index (χ0n) is 8.30. The molecule has 2 rings (SSSR count). The number of rotatable bonds is 0. The molecule has 0 saturated carbocycles. The third-order valence-electron chi connectivity index (χ3n) is 1.49. The molecular formula is C12H10HgO2. The molecule has 0 aliphatic heterocycles. The predicted molar refractivity (Wildman–Crippen MR) is 51.8 cm³/mol. The first kappa shape index (κ1) is 14.0. The van der Waals surface area contributed by atoms with E-state index in [0.717, 1.165) is 0 Å². The van der Waals surface area contributed by atoms with Crippen molar-refractivity contribution in [1.82, 2.24) is 0 Å². The molecule has 72 valence electrons. The molecule has 0 atom stereocenters. The largest absolute Gasteiger partial charge is 2.00 e. The van der Waals surface area contributed by atoms with Crippen LogP contribution >= 0.6 is 0 Å². The fourth-order valence-electron chi connectivity index (χ4n) is 0.841. The summed E-state index contributed by atoms with van der Waals surface area (Å²) in [6.45, 7) is 0. The molecule has 3 heteroatoms. The first-order chi connectivity index (χ1) is 6.79. The van der Waals surface area contributed by atoms with Gasteiger partial charge in [0.25, 0.3) is 0 Å². The first-order valence-corrected chi connectivity index (χ1v) is 4.23. The van der Waals surface area contributed by atoms with Crippen molar-refractivity contribution in [3.05, 3.63) is 60.7 Å². The minimum absolute atomic E-state index is 0. The van der Waals surface area contributed by atoms with Gasteiger partial charge in [0.05, 0.1) is 0 Å². The molecule has 0 heterocycles. The van der Waals surface area contributed by atoms with Crippen LogP contribution in [0.25, 0.3) is 0 Å². The average molecular weight is 387 g/mol. The number of benzene rings is 2. The molecule has 0 amide bonds. The van der Waals surface area contributed by atoms with Gasteiger partial charge in [0.15, 0.2) is 0 Å². The second-order valence-corrected chi connectivity index (χ2v) is 2.63. The van der Waals surface area contributed by atoms with Crippen LogP contribution < -0.4 is 10.2 Å².